The summed E-state index contributed by atoms with van der Waals surface area (Å²) < 4.78 is 10.8. The number of benzene rings is 2. The number of nitro groups is 1. The summed E-state index contributed by atoms with van der Waals surface area (Å²) in [6.45, 7) is 0. The van der Waals surface area contributed by atoms with Gasteiger partial charge in [0.05, 0.1) is 36.3 Å². The molecule has 10 nitrogen and oxygen atoms in total. The number of rotatable bonds is 5. The Kier molecular flexibility index (Phi) is 4.71. The molecule has 0 bridgehead atoms. The van der Waals surface area contributed by atoms with Crippen molar-refractivity contribution in [2.24, 2.45) is 5.10 Å². The van der Waals surface area contributed by atoms with E-state index in [2.05, 4.69) is 10.1 Å². The molecule has 1 heterocycles. The third-order valence-corrected chi connectivity index (χ3v) is 3.78. The summed E-state index contributed by atoms with van der Waals surface area (Å²) in [6.07, 6.45) is 1.15. The number of ether oxygens (including phenoxy) is 2. The summed E-state index contributed by atoms with van der Waals surface area (Å²) in [5.74, 6) is 0.0771. The Hall–Kier alpha value is -3.95. The maximum atomic E-state index is 12.4. The van der Waals surface area contributed by atoms with E-state index in [4.69, 9.17) is 9.47 Å². The molecule has 0 amide bonds. The zero-order valence-corrected chi connectivity index (χ0v) is 14.3. The van der Waals surface area contributed by atoms with E-state index in [1.165, 1.54) is 26.4 Å². The van der Waals surface area contributed by atoms with Crippen LogP contribution in [0.2, 0.25) is 0 Å². The monoisotopic (exact) mass is 370 g/mol. The summed E-state index contributed by atoms with van der Waals surface area (Å²) >= 11 is 0. The predicted octanol–water partition coefficient (Wildman–Crippen LogP) is 1.50. The van der Waals surface area contributed by atoms with Gasteiger partial charge in [0.2, 0.25) is 5.75 Å². The topological polar surface area (TPSA) is 129 Å². The van der Waals surface area contributed by atoms with Crippen molar-refractivity contribution in [2.45, 2.75) is 0 Å². The fourth-order valence-corrected chi connectivity index (χ4v) is 2.56. The molecule has 1 N–H and O–H groups in total. The standard InChI is InChI=1S/C17H14N4O6/c1-26-14-8-10(7-13(21(24)25)15(14)27-2)9-18-20-16(22)11-5-3-4-6-12(11)19-17(20)23/h3-9H,1-2H3,(H,19,23). The van der Waals surface area contributed by atoms with Crippen molar-refractivity contribution in [3.8, 4) is 11.5 Å². The highest BCUT2D eigenvalue weighted by Crippen LogP contribution is 2.37. The summed E-state index contributed by atoms with van der Waals surface area (Å²) in [5, 5.41) is 15.4. The molecule has 0 spiro atoms. The zero-order chi connectivity index (χ0) is 19.6. The average molecular weight is 370 g/mol. The van der Waals surface area contributed by atoms with Gasteiger partial charge in [-0.15, -0.1) is 4.68 Å². The molecule has 0 unspecified atom stereocenters. The van der Waals surface area contributed by atoms with Crippen LogP contribution < -0.4 is 20.7 Å². The van der Waals surface area contributed by atoms with Crippen LogP contribution in [0.4, 0.5) is 5.69 Å². The van der Waals surface area contributed by atoms with Crippen LogP contribution >= 0.6 is 0 Å². The van der Waals surface area contributed by atoms with Gasteiger partial charge in [0, 0.05) is 11.6 Å². The Morgan fingerprint density at radius 2 is 1.93 bits per heavy atom. The quantitative estimate of drug-likeness (QED) is 0.412. The van der Waals surface area contributed by atoms with E-state index in [9.17, 15) is 19.7 Å². The molecule has 2 aromatic carbocycles. The Morgan fingerprint density at radius 1 is 1.19 bits per heavy atom. The molecular formula is C17H14N4O6. The minimum atomic E-state index is -0.732. The molecule has 0 radical (unpaired) electrons. The highest BCUT2D eigenvalue weighted by Gasteiger charge is 2.21. The van der Waals surface area contributed by atoms with Gasteiger partial charge in [-0.1, -0.05) is 12.1 Å². The van der Waals surface area contributed by atoms with Crippen LogP contribution in [-0.4, -0.2) is 35.0 Å². The number of aromatic amines is 1. The van der Waals surface area contributed by atoms with Gasteiger partial charge in [-0.2, -0.15) is 5.10 Å². The molecule has 0 aliphatic carbocycles. The zero-order valence-electron chi connectivity index (χ0n) is 14.3. The lowest BCUT2D eigenvalue weighted by Gasteiger charge is -2.08. The minimum Gasteiger partial charge on any atom is -0.493 e. The molecule has 0 saturated heterocycles. The summed E-state index contributed by atoms with van der Waals surface area (Å²) in [4.78, 5) is 37.7. The van der Waals surface area contributed by atoms with Crippen LogP contribution in [0.3, 0.4) is 0 Å². The van der Waals surface area contributed by atoms with E-state index in [-0.39, 0.29) is 28.1 Å². The van der Waals surface area contributed by atoms with Crippen LogP contribution in [0.15, 0.2) is 51.1 Å². The fourth-order valence-electron chi connectivity index (χ4n) is 2.56. The lowest BCUT2D eigenvalue weighted by atomic mass is 10.2. The number of hydrogen-bond acceptors (Lipinski definition) is 7. The first-order valence-electron chi connectivity index (χ1n) is 7.65. The van der Waals surface area contributed by atoms with E-state index < -0.39 is 16.2 Å². The van der Waals surface area contributed by atoms with Crippen molar-refractivity contribution in [3.05, 3.63) is 72.9 Å². The molecule has 138 valence electrons. The van der Waals surface area contributed by atoms with Gasteiger partial charge in [0.1, 0.15) is 0 Å². The number of fused-ring (bicyclic) bond motifs is 1. The van der Waals surface area contributed by atoms with Crippen molar-refractivity contribution in [3.63, 3.8) is 0 Å². The average Bonchev–Trinajstić information content (AvgIpc) is 2.66. The number of methoxy groups -OCH3 is 2. The lowest BCUT2D eigenvalue weighted by molar-refractivity contribution is -0.385. The van der Waals surface area contributed by atoms with Crippen molar-refractivity contribution in [1.29, 1.82) is 0 Å². The summed E-state index contributed by atoms with van der Waals surface area (Å²) in [6, 6.07) is 9.15. The van der Waals surface area contributed by atoms with E-state index in [0.29, 0.717) is 10.2 Å². The lowest BCUT2D eigenvalue weighted by Crippen LogP contribution is -2.32. The number of para-hydroxylation sites is 1. The fraction of sp³-hybridized carbons (Fsp3) is 0.118. The second-order valence-corrected chi connectivity index (χ2v) is 5.37. The second-order valence-electron chi connectivity index (χ2n) is 5.37. The third-order valence-electron chi connectivity index (χ3n) is 3.78. The first-order chi connectivity index (χ1) is 13.0. The van der Waals surface area contributed by atoms with Gasteiger partial charge < -0.3 is 14.5 Å². The molecule has 0 fully saturated rings. The van der Waals surface area contributed by atoms with Gasteiger partial charge >= 0.3 is 11.4 Å². The van der Waals surface area contributed by atoms with Crippen molar-refractivity contribution >= 4 is 22.8 Å². The molecule has 1 aromatic heterocycles. The van der Waals surface area contributed by atoms with Gasteiger partial charge in [-0.05, 0) is 18.2 Å². The van der Waals surface area contributed by atoms with Crippen LogP contribution in [0.1, 0.15) is 5.56 Å². The van der Waals surface area contributed by atoms with Crippen LogP contribution in [0.25, 0.3) is 10.9 Å². The number of H-pyrrole nitrogens is 1. The van der Waals surface area contributed by atoms with E-state index in [1.54, 1.807) is 24.3 Å². The van der Waals surface area contributed by atoms with Gasteiger partial charge in [0.15, 0.2) is 5.75 Å². The van der Waals surface area contributed by atoms with Crippen molar-refractivity contribution in [2.75, 3.05) is 14.2 Å². The molecule has 27 heavy (non-hydrogen) atoms. The Bertz CT molecular complexity index is 1180. The predicted molar refractivity (Wildman–Crippen MR) is 98.0 cm³/mol. The highest BCUT2D eigenvalue weighted by molar-refractivity contribution is 5.83. The van der Waals surface area contributed by atoms with Crippen molar-refractivity contribution < 1.29 is 14.4 Å². The molecule has 3 aromatic rings. The maximum absolute atomic E-state index is 12.4. The Labute approximate surface area is 151 Å². The maximum Gasteiger partial charge on any atom is 0.349 e. The number of nitro benzene ring substituents is 1. The summed E-state index contributed by atoms with van der Waals surface area (Å²) in [7, 11) is 2.62. The van der Waals surface area contributed by atoms with E-state index >= 15 is 0 Å². The van der Waals surface area contributed by atoms with Gasteiger partial charge in [-0.3, -0.25) is 14.9 Å². The molecule has 0 atom stereocenters. The Morgan fingerprint density at radius 3 is 2.59 bits per heavy atom. The van der Waals surface area contributed by atoms with Crippen LogP contribution in [0, 0.1) is 10.1 Å². The smallest absolute Gasteiger partial charge is 0.349 e. The van der Waals surface area contributed by atoms with Crippen LogP contribution in [-0.2, 0) is 0 Å². The number of nitrogens with zero attached hydrogens (tertiary/aromatic N) is 3. The first kappa shape index (κ1) is 17.9. The van der Waals surface area contributed by atoms with Crippen molar-refractivity contribution in [1.82, 2.24) is 9.66 Å². The molecule has 3 rings (SSSR count). The molecule has 0 aliphatic rings. The van der Waals surface area contributed by atoms with Crippen LogP contribution in [0.5, 0.6) is 11.5 Å². The SMILES string of the molecule is COc1cc(C=Nn2c(=O)[nH]c3ccccc3c2=O)cc([N+](=O)[O-])c1OC. The molecule has 10 heteroatoms. The minimum absolute atomic E-state index is 0.0413. The first-order valence-corrected chi connectivity index (χ1v) is 7.65. The normalized spacial score (nSPS) is 11.0. The van der Waals surface area contributed by atoms with E-state index in [0.717, 1.165) is 6.21 Å². The van der Waals surface area contributed by atoms with Gasteiger partial charge in [0.25, 0.3) is 5.56 Å². The van der Waals surface area contributed by atoms with Gasteiger partial charge in [-0.25, -0.2) is 4.79 Å². The third kappa shape index (κ3) is 3.27. The largest absolute Gasteiger partial charge is 0.493 e. The molecule has 0 aliphatic heterocycles. The summed E-state index contributed by atoms with van der Waals surface area (Å²) in [5.41, 5.74) is -1.04. The number of hydrogen-bond donors (Lipinski definition) is 1. The molecular weight excluding hydrogens is 356 g/mol. The molecule has 0 saturated carbocycles. The highest BCUT2D eigenvalue weighted by atomic mass is 16.6. The second kappa shape index (κ2) is 7.12. The Balaban J connectivity index is 2.13. The number of aromatic nitrogens is 2. The number of nitrogens with one attached hydrogen (secondary N) is 1. The van der Waals surface area contributed by atoms with E-state index in [1.807, 2.05) is 0 Å².